The van der Waals surface area contributed by atoms with Gasteiger partial charge in [0.15, 0.2) is 0 Å². The van der Waals surface area contributed by atoms with Crippen molar-refractivity contribution in [3.8, 4) is 0 Å². The fourth-order valence-corrected chi connectivity index (χ4v) is 4.88. The van der Waals surface area contributed by atoms with Gasteiger partial charge in [0.1, 0.15) is 0 Å². The van der Waals surface area contributed by atoms with Crippen molar-refractivity contribution in [2.45, 2.75) is 83.1 Å². The third-order valence-electron chi connectivity index (χ3n) is 5.45. The van der Waals surface area contributed by atoms with Crippen molar-refractivity contribution in [2.24, 2.45) is 11.8 Å². The molecule has 2 N–H and O–H groups in total. The van der Waals surface area contributed by atoms with Crippen LogP contribution in [0.2, 0.25) is 0 Å². The van der Waals surface area contributed by atoms with Crippen molar-refractivity contribution >= 4 is 11.0 Å². The van der Waals surface area contributed by atoms with E-state index in [-0.39, 0.29) is 22.8 Å². The highest BCUT2D eigenvalue weighted by atomic mass is 32.2. The van der Waals surface area contributed by atoms with Gasteiger partial charge >= 0.3 is 0 Å². The van der Waals surface area contributed by atoms with E-state index in [1.165, 1.54) is 12.0 Å². The topological polar surface area (TPSA) is 49.3 Å². The lowest BCUT2D eigenvalue weighted by molar-refractivity contribution is 0.0123. The molecule has 4 heteroatoms. The molecule has 0 bridgehead atoms. The van der Waals surface area contributed by atoms with Crippen molar-refractivity contribution < 1.29 is 9.32 Å². The van der Waals surface area contributed by atoms with Gasteiger partial charge in [-0.3, -0.25) is 0 Å². The van der Waals surface area contributed by atoms with E-state index in [0.29, 0.717) is 5.92 Å². The van der Waals surface area contributed by atoms with E-state index < -0.39 is 11.0 Å². The summed E-state index contributed by atoms with van der Waals surface area (Å²) >= 11 is 0. The van der Waals surface area contributed by atoms with E-state index >= 15 is 0 Å². The molecule has 2 rings (SSSR count). The van der Waals surface area contributed by atoms with Gasteiger partial charge in [-0.2, -0.15) is 0 Å². The fourth-order valence-electron chi connectivity index (χ4n) is 3.97. The lowest BCUT2D eigenvalue weighted by Crippen LogP contribution is -2.50. The summed E-state index contributed by atoms with van der Waals surface area (Å²) in [7, 11) is -1.12. The molecular weight excluding hydrogens is 330 g/mol. The minimum absolute atomic E-state index is 0.0838. The molecule has 25 heavy (non-hydrogen) atoms. The Morgan fingerprint density at radius 3 is 2.52 bits per heavy atom. The average Bonchev–Trinajstić information content (AvgIpc) is 2.58. The number of benzene rings is 1. The van der Waals surface area contributed by atoms with Crippen LogP contribution in [0.5, 0.6) is 0 Å². The SMILES string of the molecule is CC[C@@H]1CCC[C@H](O)[C@H]1[C@H](CCc1ccccc1)NS(=O)C(C)(C)C. The Hall–Kier alpha value is -0.710. The van der Waals surface area contributed by atoms with Crippen LogP contribution in [-0.4, -0.2) is 26.2 Å². The van der Waals surface area contributed by atoms with Gasteiger partial charge in [0.2, 0.25) is 0 Å². The Morgan fingerprint density at radius 1 is 1.24 bits per heavy atom. The van der Waals surface area contributed by atoms with Crippen molar-refractivity contribution in [2.75, 3.05) is 0 Å². The normalized spacial score (nSPS) is 27.0. The van der Waals surface area contributed by atoms with Gasteiger partial charge in [0.25, 0.3) is 0 Å². The summed E-state index contributed by atoms with van der Waals surface area (Å²) in [6.45, 7) is 8.21. The Labute approximate surface area is 156 Å². The Kier molecular flexibility index (Phi) is 7.66. The maximum absolute atomic E-state index is 12.7. The molecule has 142 valence electrons. The summed E-state index contributed by atoms with van der Waals surface area (Å²) in [5.74, 6) is 0.697. The van der Waals surface area contributed by atoms with Crippen LogP contribution in [-0.2, 0) is 17.4 Å². The molecule has 1 fully saturated rings. The first-order valence-electron chi connectivity index (χ1n) is 9.73. The molecule has 1 saturated carbocycles. The van der Waals surface area contributed by atoms with Crippen molar-refractivity contribution in [3.63, 3.8) is 0 Å². The second-order valence-corrected chi connectivity index (χ2v) is 10.4. The van der Waals surface area contributed by atoms with Crippen LogP contribution in [0.4, 0.5) is 0 Å². The van der Waals surface area contributed by atoms with E-state index in [1.807, 2.05) is 26.8 Å². The Balaban J connectivity index is 2.16. The zero-order valence-corrected chi connectivity index (χ0v) is 17.0. The summed E-state index contributed by atoms with van der Waals surface area (Å²) in [4.78, 5) is 0. The van der Waals surface area contributed by atoms with Crippen LogP contribution in [0.3, 0.4) is 0 Å². The van der Waals surface area contributed by atoms with Gasteiger partial charge in [0.05, 0.1) is 21.8 Å². The molecule has 1 aromatic rings. The fraction of sp³-hybridized carbons (Fsp3) is 0.714. The molecule has 0 aliphatic heterocycles. The summed E-state index contributed by atoms with van der Waals surface area (Å²) < 4.78 is 15.9. The number of hydrogen-bond acceptors (Lipinski definition) is 2. The van der Waals surface area contributed by atoms with Crippen LogP contribution >= 0.6 is 0 Å². The maximum atomic E-state index is 12.7. The summed E-state index contributed by atoms with van der Waals surface area (Å²) in [6.07, 6.45) is 5.78. The molecular formula is C21H35NO2S. The zero-order chi connectivity index (χ0) is 18.4. The molecule has 0 heterocycles. The van der Waals surface area contributed by atoms with Crippen LogP contribution in [0.1, 0.15) is 65.4 Å². The summed E-state index contributed by atoms with van der Waals surface area (Å²) in [5.41, 5.74) is 1.30. The largest absolute Gasteiger partial charge is 0.393 e. The smallest absolute Gasteiger partial charge is 0.0972 e. The van der Waals surface area contributed by atoms with Crippen molar-refractivity contribution in [1.29, 1.82) is 0 Å². The molecule has 1 aliphatic carbocycles. The first-order valence-corrected chi connectivity index (χ1v) is 10.9. The van der Waals surface area contributed by atoms with E-state index in [2.05, 4.69) is 35.9 Å². The summed E-state index contributed by atoms with van der Waals surface area (Å²) in [5, 5.41) is 10.7. The monoisotopic (exact) mass is 365 g/mol. The predicted octanol–water partition coefficient (Wildman–Crippen LogP) is 4.23. The highest BCUT2D eigenvalue weighted by Crippen LogP contribution is 2.36. The molecule has 1 aliphatic rings. The van der Waals surface area contributed by atoms with E-state index in [1.54, 1.807) is 0 Å². The molecule has 0 aromatic heterocycles. The van der Waals surface area contributed by atoms with E-state index in [0.717, 1.165) is 32.1 Å². The molecule has 0 radical (unpaired) electrons. The number of aliphatic hydroxyl groups is 1. The molecule has 1 unspecified atom stereocenters. The molecule has 0 saturated heterocycles. The number of aryl methyl sites for hydroxylation is 1. The Bertz CT molecular complexity index is 541. The van der Waals surface area contributed by atoms with Crippen LogP contribution in [0.25, 0.3) is 0 Å². The molecule has 0 amide bonds. The molecule has 3 nitrogen and oxygen atoms in total. The first-order chi connectivity index (χ1) is 11.8. The second-order valence-electron chi connectivity index (χ2n) is 8.37. The maximum Gasteiger partial charge on any atom is 0.0972 e. The quantitative estimate of drug-likeness (QED) is 0.760. The lowest BCUT2D eigenvalue weighted by Gasteiger charge is -2.41. The molecule has 1 aromatic carbocycles. The van der Waals surface area contributed by atoms with Crippen LogP contribution in [0, 0.1) is 11.8 Å². The van der Waals surface area contributed by atoms with Gasteiger partial charge in [-0.1, -0.05) is 50.1 Å². The van der Waals surface area contributed by atoms with Crippen molar-refractivity contribution in [3.05, 3.63) is 35.9 Å². The minimum Gasteiger partial charge on any atom is -0.393 e. The first kappa shape index (κ1) is 20.6. The number of rotatable bonds is 7. The Morgan fingerprint density at radius 2 is 1.92 bits per heavy atom. The average molecular weight is 366 g/mol. The highest BCUT2D eigenvalue weighted by Gasteiger charge is 2.38. The minimum atomic E-state index is -1.12. The van der Waals surface area contributed by atoms with Gasteiger partial charge in [-0.25, -0.2) is 8.93 Å². The number of hydrogen-bond donors (Lipinski definition) is 2. The zero-order valence-electron chi connectivity index (χ0n) is 16.2. The van der Waals surface area contributed by atoms with Crippen LogP contribution < -0.4 is 4.72 Å². The second kappa shape index (κ2) is 9.29. The molecule has 5 atom stereocenters. The summed E-state index contributed by atoms with van der Waals surface area (Å²) in [6, 6.07) is 10.5. The van der Waals surface area contributed by atoms with Gasteiger partial charge < -0.3 is 5.11 Å². The van der Waals surface area contributed by atoms with Gasteiger partial charge in [-0.15, -0.1) is 0 Å². The van der Waals surface area contributed by atoms with E-state index in [9.17, 15) is 9.32 Å². The van der Waals surface area contributed by atoms with E-state index in [4.69, 9.17) is 0 Å². The number of nitrogens with one attached hydrogen (secondary N) is 1. The van der Waals surface area contributed by atoms with Gasteiger partial charge in [-0.05, 0) is 57.9 Å². The molecule has 0 spiro atoms. The third-order valence-corrected chi connectivity index (χ3v) is 7.08. The predicted molar refractivity (Wildman–Crippen MR) is 107 cm³/mol. The standard InChI is InChI=1S/C21H35NO2S/c1-5-17-12-9-13-19(23)20(17)18(22-25(24)21(2,3)4)15-14-16-10-7-6-8-11-16/h6-8,10-11,17-20,22-23H,5,9,12-15H2,1-4H3/t17-,18+,19+,20-,25?/m1/s1. The third kappa shape index (κ3) is 5.90. The highest BCUT2D eigenvalue weighted by molar-refractivity contribution is 7.84. The van der Waals surface area contributed by atoms with Crippen LogP contribution in [0.15, 0.2) is 30.3 Å². The van der Waals surface area contributed by atoms with Crippen molar-refractivity contribution in [1.82, 2.24) is 4.72 Å². The van der Waals surface area contributed by atoms with Gasteiger partial charge in [0, 0.05) is 12.0 Å². The number of aliphatic hydroxyl groups excluding tert-OH is 1. The lowest BCUT2D eigenvalue weighted by atomic mass is 9.71.